The fourth-order valence-corrected chi connectivity index (χ4v) is 3.19. The molecule has 0 aliphatic heterocycles. The first-order valence-electron chi connectivity index (χ1n) is 8.27. The van der Waals surface area contributed by atoms with Crippen molar-refractivity contribution in [3.63, 3.8) is 0 Å². The highest BCUT2D eigenvalue weighted by atomic mass is 32.1. The van der Waals surface area contributed by atoms with E-state index < -0.39 is 5.97 Å². The van der Waals surface area contributed by atoms with Gasteiger partial charge in [-0.05, 0) is 29.8 Å². The number of nitrogens with zero attached hydrogens (tertiary/aromatic N) is 3. The van der Waals surface area contributed by atoms with Gasteiger partial charge >= 0.3 is 5.97 Å². The van der Waals surface area contributed by atoms with E-state index in [9.17, 15) is 14.0 Å². The highest BCUT2D eigenvalue weighted by Gasteiger charge is 2.15. The van der Waals surface area contributed by atoms with Gasteiger partial charge in [0.2, 0.25) is 11.0 Å². The van der Waals surface area contributed by atoms with E-state index in [4.69, 9.17) is 4.74 Å². The molecule has 8 heteroatoms. The van der Waals surface area contributed by atoms with Crippen molar-refractivity contribution in [1.82, 2.24) is 4.98 Å². The molecule has 1 heterocycles. The molecule has 0 fully saturated rings. The largest absolute Gasteiger partial charge is 0.427 e. The number of hydrogen-bond donors (Lipinski definition) is 0. The maximum atomic E-state index is 13.3. The van der Waals surface area contributed by atoms with Crippen molar-refractivity contribution >= 4 is 34.6 Å². The maximum absolute atomic E-state index is 13.3. The molecule has 0 saturated heterocycles. The lowest BCUT2D eigenvalue weighted by atomic mass is 10.2. The van der Waals surface area contributed by atoms with E-state index in [2.05, 4.69) is 10.1 Å². The number of carbonyl (C=O) groups is 2. The number of hydrazone groups is 1. The van der Waals surface area contributed by atoms with E-state index in [1.54, 1.807) is 35.7 Å². The van der Waals surface area contributed by atoms with Crippen molar-refractivity contribution in [3.8, 4) is 17.0 Å². The van der Waals surface area contributed by atoms with Gasteiger partial charge in [-0.1, -0.05) is 24.3 Å². The van der Waals surface area contributed by atoms with Crippen LogP contribution in [0.5, 0.6) is 5.75 Å². The van der Waals surface area contributed by atoms with Crippen molar-refractivity contribution in [2.45, 2.75) is 13.8 Å². The summed E-state index contributed by atoms with van der Waals surface area (Å²) in [7, 11) is 0. The average Bonchev–Trinajstić information content (AvgIpc) is 3.11. The van der Waals surface area contributed by atoms with E-state index in [-0.39, 0.29) is 11.7 Å². The van der Waals surface area contributed by atoms with Crippen LogP contribution in [0.1, 0.15) is 19.4 Å². The molecular formula is C20H16FN3O3S. The number of esters is 1. The number of benzene rings is 2. The van der Waals surface area contributed by atoms with E-state index in [1.165, 1.54) is 43.5 Å². The monoisotopic (exact) mass is 397 g/mol. The van der Waals surface area contributed by atoms with Gasteiger partial charge in [0.1, 0.15) is 11.6 Å². The lowest BCUT2D eigenvalue weighted by Crippen LogP contribution is -2.22. The molecule has 2 aromatic carbocycles. The fourth-order valence-electron chi connectivity index (χ4n) is 2.36. The average molecular weight is 397 g/mol. The Balaban J connectivity index is 1.85. The Kier molecular flexibility index (Phi) is 5.90. The maximum Gasteiger partial charge on any atom is 0.308 e. The van der Waals surface area contributed by atoms with Gasteiger partial charge in [-0.3, -0.25) is 9.59 Å². The van der Waals surface area contributed by atoms with E-state index in [0.717, 1.165) is 10.6 Å². The van der Waals surface area contributed by atoms with Crippen LogP contribution in [0.3, 0.4) is 0 Å². The molecule has 0 atom stereocenters. The first kappa shape index (κ1) is 19.4. The topological polar surface area (TPSA) is 71.9 Å². The Labute approximate surface area is 164 Å². The summed E-state index contributed by atoms with van der Waals surface area (Å²) in [5.41, 5.74) is 1.87. The van der Waals surface area contributed by atoms with Crippen LogP contribution < -0.4 is 9.75 Å². The Morgan fingerprint density at radius 1 is 1.18 bits per heavy atom. The summed E-state index contributed by atoms with van der Waals surface area (Å²) in [4.78, 5) is 27.6. The molecule has 142 valence electrons. The molecule has 3 rings (SSSR count). The summed E-state index contributed by atoms with van der Waals surface area (Å²) in [6.45, 7) is 2.69. The molecular weight excluding hydrogens is 381 g/mol. The van der Waals surface area contributed by atoms with Gasteiger partial charge in [0.05, 0.1) is 11.9 Å². The molecule has 0 unspecified atom stereocenters. The SMILES string of the molecule is CC(=O)Oc1cccc(-c2csc(N(/N=C\c3cccc(F)c3)C(C)=O)n2)c1. The third-order valence-corrected chi connectivity index (χ3v) is 4.35. The van der Waals surface area contributed by atoms with Crippen LogP contribution in [0.25, 0.3) is 11.3 Å². The minimum Gasteiger partial charge on any atom is -0.427 e. The molecule has 1 amide bonds. The van der Waals surface area contributed by atoms with Crippen LogP contribution in [0.4, 0.5) is 9.52 Å². The number of ether oxygens (including phenoxy) is 1. The number of rotatable bonds is 5. The summed E-state index contributed by atoms with van der Waals surface area (Å²) < 4.78 is 18.4. The Bertz CT molecular complexity index is 1050. The molecule has 3 aromatic rings. The van der Waals surface area contributed by atoms with Gasteiger partial charge in [-0.25, -0.2) is 9.37 Å². The number of hydrogen-bond acceptors (Lipinski definition) is 6. The Hall–Kier alpha value is -3.39. The zero-order valence-corrected chi connectivity index (χ0v) is 15.9. The number of carbonyl (C=O) groups excluding carboxylic acids is 2. The summed E-state index contributed by atoms with van der Waals surface area (Å²) in [6, 6.07) is 12.8. The second kappa shape index (κ2) is 8.53. The van der Waals surface area contributed by atoms with Crippen molar-refractivity contribution in [2.75, 3.05) is 5.01 Å². The molecule has 0 spiro atoms. The molecule has 1 aromatic heterocycles. The fraction of sp³-hybridized carbons (Fsp3) is 0.100. The quantitative estimate of drug-likeness (QED) is 0.279. The van der Waals surface area contributed by atoms with Crippen LogP contribution in [0.2, 0.25) is 0 Å². The summed E-state index contributed by atoms with van der Waals surface area (Å²) in [6.07, 6.45) is 1.40. The zero-order chi connectivity index (χ0) is 20.1. The highest BCUT2D eigenvalue weighted by molar-refractivity contribution is 7.14. The van der Waals surface area contributed by atoms with Gasteiger partial charge in [0, 0.05) is 24.8 Å². The minimum absolute atomic E-state index is 0.331. The summed E-state index contributed by atoms with van der Waals surface area (Å²) >= 11 is 1.24. The van der Waals surface area contributed by atoms with Crippen molar-refractivity contribution < 1.29 is 18.7 Å². The molecule has 0 aliphatic carbocycles. The van der Waals surface area contributed by atoms with Crippen LogP contribution in [-0.2, 0) is 9.59 Å². The lowest BCUT2D eigenvalue weighted by molar-refractivity contribution is -0.131. The molecule has 0 radical (unpaired) electrons. The predicted molar refractivity (Wildman–Crippen MR) is 106 cm³/mol. The summed E-state index contributed by atoms with van der Waals surface area (Å²) in [5, 5.41) is 7.43. The van der Waals surface area contributed by atoms with Crippen molar-refractivity contribution in [3.05, 3.63) is 65.3 Å². The smallest absolute Gasteiger partial charge is 0.308 e. The van der Waals surface area contributed by atoms with E-state index in [0.29, 0.717) is 22.1 Å². The second-order valence-electron chi connectivity index (χ2n) is 5.77. The zero-order valence-electron chi connectivity index (χ0n) is 15.1. The molecule has 6 nitrogen and oxygen atoms in total. The third-order valence-electron chi connectivity index (χ3n) is 3.53. The number of aromatic nitrogens is 1. The Morgan fingerprint density at radius 2 is 1.96 bits per heavy atom. The van der Waals surface area contributed by atoms with Crippen molar-refractivity contribution in [2.24, 2.45) is 5.10 Å². The minimum atomic E-state index is -0.412. The van der Waals surface area contributed by atoms with Gasteiger partial charge in [-0.15, -0.1) is 11.3 Å². The number of amides is 1. The molecule has 0 N–H and O–H groups in total. The first-order valence-corrected chi connectivity index (χ1v) is 9.15. The van der Waals surface area contributed by atoms with Gasteiger partial charge in [-0.2, -0.15) is 10.1 Å². The molecule has 0 aliphatic rings. The van der Waals surface area contributed by atoms with E-state index in [1.807, 2.05) is 6.07 Å². The number of anilines is 1. The normalized spacial score (nSPS) is 10.8. The second-order valence-corrected chi connectivity index (χ2v) is 6.60. The lowest BCUT2D eigenvalue weighted by Gasteiger charge is -2.10. The van der Waals surface area contributed by atoms with Crippen LogP contribution >= 0.6 is 11.3 Å². The number of halogens is 1. The molecule has 0 saturated carbocycles. The third kappa shape index (κ3) is 4.86. The summed E-state index contributed by atoms with van der Waals surface area (Å²) in [5.74, 6) is -0.720. The van der Waals surface area contributed by atoms with Gasteiger partial charge < -0.3 is 4.74 Å². The molecule has 28 heavy (non-hydrogen) atoms. The standard InChI is InChI=1S/C20H16FN3O3S/c1-13(25)24(22-11-15-5-3-7-17(21)9-15)20-23-19(12-28-20)16-6-4-8-18(10-16)27-14(2)26/h3-12H,1-2H3/b22-11-. The van der Waals surface area contributed by atoms with Gasteiger partial charge in [0.15, 0.2) is 0 Å². The first-order chi connectivity index (χ1) is 13.4. The Morgan fingerprint density at radius 3 is 2.68 bits per heavy atom. The molecule has 0 bridgehead atoms. The highest BCUT2D eigenvalue weighted by Crippen LogP contribution is 2.29. The van der Waals surface area contributed by atoms with Crippen LogP contribution in [-0.4, -0.2) is 23.1 Å². The number of thiazole rings is 1. The van der Waals surface area contributed by atoms with E-state index >= 15 is 0 Å². The van der Waals surface area contributed by atoms with Crippen molar-refractivity contribution in [1.29, 1.82) is 0 Å². The van der Waals surface area contributed by atoms with Crippen LogP contribution in [0, 0.1) is 5.82 Å². The van der Waals surface area contributed by atoms with Crippen LogP contribution in [0.15, 0.2) is 59.0 Å². The van der Waals surface area contributed by atoms with Gasteiger partial charge in [0.25, 0.3) is 0 Å². The predicted octanol–water partition coefficient (Wildman–Crippen LogP) is 4.26.